The largest absolute Gasteiger partial charge is 0.474 e. The Kier molecular flexibility index (Phi) is 6.76. The molecule has 11 heteroatoms. The molecule has 1 amide bonds. The highest BCUT2D eigenvalue weighted by Crippen LogP contribution is 2.31. The highest BCUT2D eigenvalue weighted by Gasteiger charge is 2.26. The SMILES string of the molecule is CC(=O)N[C@H]1CC[C@H](Oc2cc(-n3c(C(F)F)nc4ccccc43)nc(N3CCOCC3)n2)CC1. The molecule has 35 heavy (non-hydrogen) atoms. The summed E-state index contributed by atoms with van der Waals surface area (Å²) in [6.45, 7) is 3.78. The van der Waals surface area contributed by atoms with Gasteiger partial charge in [0.15, 0.2) is 5.82 Å². The first-order chi connectivity index (χ1) is 17.0. The molecule has 0 radical (unpaired) electrons. The van der Waals surface area contributed by atoms with Crippen molar-refractivity contribution in [1.82, 2.24) is 24.8 Å². The van der Waals surface area contributed by atoms with Gasteiger partial charge in [0.25, 0.3) is 6.43 Å². The van der Waals surface area contributed by atoms with Crippen molar-refractivity contribution in [2.45, 2.75) is 51.2 Å². The topological polar surface area (TPSA) is 94.4 Å². The molecular formula is C24H28F2N6O3. The van der Waals surface area contributed by atoms with Crippen LogP contribution < -0.4 is 15.0 Å². The van der Waals surface area contributed by atoms with E-state index < -0.39 is 6.43 Å². The normalized spacial score (nSPS) is 20.9. The second kappa shape index (κ2) is 10.1. The third-order valence-electron chi connectivity index (χ3n) is 6.35. The van der Waals surface area contributed by atoms with E-state index in [2.05, 4.69) is 20.3 Å². The molecule has 0 spiro atoms. The van der Waals surface area contributed by atoms with Crippen LogP contribution in [0.2, 0.25) is 0 Å². The Labute approximate surface area is 201 Å². The molecule has 1 aliphatic heterocycles. The molecule has 1 saturated heterocycles. The van der Waals surface area contributed by atoms with Crippen molar-refractivity contribution in [2.75, 3.05) is 31.2 Å². The predicted molar refractivity (Wildman–Crippen MR) is 125 cm³/mol. The molecule has 0 bridgehead atoms. The van der Waals surface area contributed by atoms with E-state index in [9.17, 15) is 13.6 Å². The van der Waals surface area contributed by atoms with Crippen LogP contribution >= 0.6 is 0 Å². The van der Waals surface area contributed by atoms with Gasteiger partial charge in [0.05, 0.1) is 24.2 Å². The lowest BCUT2D eigenvalue weighted by Gasteiger charge is -2.30. The highest BCUT2D eigenvalue weighted by atomic mass is 19.3. The molecule has 2 fully saturated rings. The first-order valence-corrected chi connectivity index (χ1v) is 11.9. The van der Waals surface area contributed by atoms with Gasteiger partial charge >= 0.3 is 0 Å². The summed E-state index contributed by atoms with van der Waals surface area (Å²) in [7, 11) is 0. The fraction of sp³-hybridized carbons (Fsp3) is 0.500. The summed E-state index contributed by atoms with van der Waals surface area (Å²) >= 11 is 0. The molecule has 5 rings (SSSR count). The number of para-hydroxylation sites is 2. The number of fused-ring (bicyclic) bond motifs is 1. The summed E-state index contributed by atoms with van der Waals surface area (Å²) in [4.78, 5) is 26.8. The van der Waals surface area contributed by atoms with Gasteiger partial charge in [0.2, 0.25) is 17.7 Å². The van der Waals surface area contributed by atoms with Gasteiger partial charge in [-0.2, -0.15) is 9.97 Å². The quantitative estimate of drug-likeness (QED) is 0.571. The maximum Gasteiger partial charge on any atom is 0.296 e. The predicted octanol–water partition coefficient (Wildman–Crippen LogP) is 3.42. The number of carbonyl (C=O) groups is 1. The molecule has 1 saturated carbocycles. The van der Waals surface area contributed by atoms with Crippen LogP contribution in [0.4, 0.5) is 14.7 Å². The van der Waals surface area contributed by atoms with E-state index in [1.807, 2.05) is 4.90 Å². The molecule has 2 aromatic heterocycles. The fourth-order valence-electron chi connectivity index (χ4n) is 4.70. The summed E-state index contributed by atoms with van der Waals surface area (Å²) in [6.07, 6.45) is 0.258. The van der Waals surface area contributed by atoms with Gasteiger partial charge < -0.3 is 19.7 Å². The van der Waals surface area contributed by atoms with Crippen molar-refractivity contribution >= 4 is 22.9 Å². The number of carbonyl (C=O) groups excluding carboxylic acids is 1. The number of aromatic nitrogens is 4. The summed E-state index contributed by atoms with van der Waals surface area (Å²) in [5.41, 5.74) is 1.00. The Balaban J connectivity index is 1.49. The number of amides is 1. The molecule has 186 valence electrons. The average molecular weight is 487 g/mol. The zero-order chi connectivity index (χ0) is 24.4. The zero-order valence-electron chi connectivity index (χ0n) is 19.5. The number of halogens is 2. The van der Waals surface area contributed by atoms with Crippen LogP contribution in [0.15, 0.2) is 30.3 Å². The summed E-state index contributed by atoms with van der Waals surface area (Å²) in [5, 5.41) is 2.96. The molecule has 9 nitrogen and oxygen atoms in total. The van der Waals surface area contributed by atoms with Crippen molar-refractivity contribution < 1.29 is 23.0 Å². The number of nitrogens with one attached hydrogen (secondary N) is 1. The molecule has 3 heterocycles. The Morgan fingerprint density at radius 3 is 2.57 bits per heavy atom. The van der Waals surface area contributed by atoms with Crippen molar-refractivity contribution in [1.29, 1.82) is 0 Å². The highest BCUT2D eigenvalue weighted by molar-refractivity contribution is 5.78. The standard InChI is InChI=1S/C24H28F2N6O3/c1-15(33)27-16-6-8-17(9-7-16)35-21-14-20(29-24(30-21)31-10-12-34-13-11-31)32-19-5-3-2-4-18(19)28-23(32)22(25)26/h2-5,14,16-17,22H,6-13H2,1H3,(H,27,33)/t16-,17-. The number of benzene rings is 1. The van der Waals surface area contributed by atoms with Gasteiger partial charge in [0, 0.05) is 32.1 Å². The van der Waals surface area contributed by atoms with E-state index >= 15 is 0 Å². The number of hydrogen-bond acceptors (Lipinski definition) is 7. The van der Waals surface area contributed by atoms with Crippen LogP contribution in [0.5, 0.6) is 5.88 Å². The van der Waals surface area contributed by atoms with Gasteiger partial charge in [-0.15, -0.1) is 0 Å². The van der Waals surface area contributed by atoms with Crippen LogP contribution in [0.1, 0.15) is 44.9 Å². The monoisotopic (exact) mass is 486 g/mol. The van der Waals surface area contributed by atoms with Crippen molar-refractivity contribution in [3.05, 3.63) is 36.2 Å². The van der Waals surface area contributed by atoms with E-state index in [4.69, 9.17) is 9.47 Å². The molecule has 0 unspecified atom stereocenters. The minimum atomic E-state index is -2.78. The molecule has 3 aromatic rings. The Hall–Kier alpha value is -3.34. The van der Waals surface area contributed by atoms with Crippen LogP contribution in [-0.4, -0.2) is 63.9 Å². The fourth-order valence-corrected chi connectivity index (χ4v) is 4.70. The van der Waals surface area contributed by atoms with Crippen LogP contribution in [0, 0.1) is 0 Å². The summed E-state index contributed by atoms with van der Waals surface area (Å²) < 4.78 is 41.1. The Morgan fingerprint density at radius 1 is 1.11 bits per heavy atom. The van der Waals surface area contributed by atoms with Gasteiger partial charge in [-0.1, -0.05) is 12.1 Å². The van der Waals surface area contributed by atoms with Crippen LogP contribution in [0.25, 0.3) is 16.9 Å². The van der Waals surface area contributed by atoms with Gasteiger partial charge in [0.1, 0.15) is 11.9 Å². The average Bonchev–Trinajstić information content (AvgIpc) is 3.25. The summed E-state index contributed by atoms with van der Waals surface area (Å²) in [6, 6.07) is 8.73. The smallest absolute Gasteiger partial charge is 0.296 e. The van der Waals surface area contributed by atoms with E-state index in [0.29, 0.717) is 49.2 Å². The minimum absolute atomic E-state index is 0.0349. The second-order valence-electron chi connectivity index (χ2n) is 8.85. The second-order valence-corrected chi connectivity index (χ2v) is 8.85. The van der Waals surface area contributed by atoms with Gasteiger partial charge in [-0.3, -0.25) is 9.36 Å². The molecule has 1 N–H and O–H groups in total. The van der Waals surface area contributed by atoms with Crippen LogP contribution in [0.3, 0.4) is 0 Å². The number of alkyl halides is 2. The number of rotatable bonds is 6. The first kappa shape index (κ1) is 23.4. The maximum absolute atomic E-state index is 14.0. The number of hydrogen-bond donors (Lipinski definition) is 1. The zero-order valence-corrected chi connectivity index (χ0v) is 19.5. The van der Waals surface area contributed by atoms with Gasteiger partial charge in [-0.05, 0) is 37.8 Å². The third kappa shape index (κ3) is 5.19. The third-order valence-corrected chi connectivity index (χ3v) is 6.35. The first-order valence-electron chi connectivity index (χ1n) is 11.9. The number of nitrogens with zero attached hydrogens (tertiary/aromatic N) is 5. The van der Waals surface area contributed by atoms with Crippen molar-refractivity contribution in [3.63, 3.8) is 0 Å². The van der Waals surface area contributed by atoms with Crippen molar-refractivity contribution in [3.8, 4) is 11.7 Å². The van der Waals surface area contributed by atoms with E-state index in [1.54, 1.807) is 30.3 Å². The lowest BCUT2D eigenvalue weighted by Crippen LogP contribution is -2.39. The molecule has 1 aromatic carbocycles. The summed E-state index contributed by atoms with van der Waals surface area (Å²) in [5.74, 6) is 0.613. The van der Waals surface area contributed by atoms with Crippen LogP contribution in [-0.2, 0) is 9.53 Å². The van der Waals surface area contributed by atoms with E-state index in [-0.39, 0.29) is 29.7 Å². The Morgan fingerprint density at radius 2 is 1.86 bits per heavy atom. The number of morpholine rings is 1. The van der Waals surface area contributed by atoms with E-state index in [1.165, 1.54) is 11.5 Å². The van der Waals surface area contributed by atoms with E-state index in [0.717, 1.165) is 25.7 Å². The molecular weight excluding hydrogens is 458 g/mol. The molecule has 1 aliphatic carbocycles. The lowest BCUT2D eigenvalue weighted by molar-refractivity contribution is -0.120. The number of ether oxygens (including phenoxy) is 2. The maximum atomic E-state index is 14.0. The van der Waals surface area contributed by atoms with Gasteiger partial charge in [-0.25, -0.2) is 13.8 Å². The van der Waals surface area contributed by atoms with Crippen molar-refractivity contribution in [2.24, 2.45) is 0 Å². The lowest BCUT2D eigenvalue weighted by atomic mass is 9.93. The molecule has 0 atom stereocenters. The number of anilines is 1. The minimum Gasteiger partial charge on any atom is -0.474 e. The molecule has 2 aliphatic rings. The number of imidazole rings is 1. The Bertz CT molecular complexity index is 1190.